The van der Waals surface area contributed by atoms with Crippen LogP contribution in [0.15, 0.2) is 0 Å². The lowest BCUT2D eigenvalue weighted by atomic mass is 9.94. The van der Waals surface area contributed by atoms with Crippen molar-refractivity contribution in [3.8, 4) is 0 Å². The minimum Gasteiger partial charge on any atom is -0.393 e. The second-order valence-corrected chi connectivity index (χ2v) is 8.17. The molecule has 1 rings (SSSR count). The predicted molar refractivity (Wildman–Crippen MR) is 69.2 cm³/mol. The van der Waals surface area contributed by atoms with E-state index in [1.807, 2.05) is 27.7 Å². The molecule has 1 heterocycles. The van der Waals surface area contributed by atoms with Gasteiger partial charge in [0.2, 0.25) is 10.0 Å². The number of nitrogens with zero attached hydrogens (tertiary/aromatic N) is 1. The molecule has 1 saturated heterocycles. The Labute approximate surface area is 105 Å². The SMILES string of the molecule is CCC1CN(S(=O)(=O)CC(C)(C)C)CCC1O. The third-order valence-corrected chi connectivity index (χ3v) is 5.54. The van der Waals surface area contributed by atoms with Gasteiger partial charge in [-0.15, -0.1) is 0 Å². The van der Waals surface area contributed by atoms with Gasteiger partial charge in [0.05, 0.1) is 11.9 Å². The summed E-state index contributed by atoms with van der Waals surface area (Å²) >= 11 is 0. The molecule has 1 fully saturated rings. The molecule has 1 aliphatic heterocycles. The molecule has 5 heteroatoms. The summed E-state index contributed by atoms with van der Waals surface area (Å²) < 4.78 is 26.0. The van der Waals surface area contributed by atoms with Crippen molar-refractivity contribution in [2.24, 2.45) is 11.3 Å². The molecule has 4 nitrogen and oxygen atoms in total. The van der Waals surface area contributed by atoms with Gasteiger partial charge in [-0.05, 0) is 24.2 Å². The maximum atomic E-state index is 12.2. The monoisotopic (exact) mass is 263 g/mol. The van der Waals surface area contributed by atoms with E-state index in [0.717, 1.165) is 6.42 Å². The molecular weight excluding hydrogens is 238 g/mol. The molecule has 0 aromatic heterocycles. The van der Waals surface area contributed by atoms with Gasteiger partial charge in [-0.3, -0.25) is 0 Å². The lowest BCUT2D eigenvalue weighted by Crippen LogP contribution is -2.47. The molecule has 2 atom stereocenters. The zero-order valence-corrected chi connectivity index (χ0v) is 12.1. The van der Waals surface area contributed by atoms with Gasteiger partial charge in [0.15, 0.2) is 0 Å². The van der Waals surface area contributed by atoms with Gasteiger partial charge in [0.1, 0.15) is 0 Å². The summed E-state index contributed by atoms with van der Waals surface area (Å²) in [4.78, 5) is 0. The van der Waals surface area contributed by atoms with Crippen molar-refractivity contribution in [2.45, 2.75) is 46.6 Å². The van der Waals surface area contributed by atoms with Gasteiger partial charge in [-0.2, -0.15) is 0 Å². The van der Waals surface area contributed by atoms with Crippen LogP contribution < -0.4 is 0 Å². The fraction of sp³-hybridized carbons (Fsp3) is 1.00. The Hall–Kier alpha value is -0.130. The number of hydrogen-bond donors (Lipinski definition) is 1. The fourth-order valence-corrected chi connectivity index (χ4v) is 4.36. The number of rotatable bonds is 3. The number of aliphatic hydroxyl groups is 1. The van der Waals surface area contributed by atoms with Crippen LogP contribution in [0.1, 0.15) is 40.5 Å². The van der Waals surface area contributed by atoms with Crippen LogP contribution in [0.3, 0.4) is 0 Å². The molecule has 0 aliphatic carbocycles. The third-order valence-electron chi connectivity index (χ3n) is 3.19. The first-order valence-corrected chi connectivity index (χ1v) is 7.92. The largest absolute Gasteiger partial charge is 0.393 e. The highest BCUT2D eigenvalue weighted by Crippen LogP contribution is 2.25. The van der Waals surface area contributed by atoms with Crippen LogP contribution >= 0.6 is 0 Å². The summed E-state index contributed by atoms with van der Waals surface area (Å²) in [5, 5.41) is 9.76. The molecule has 0 bridgehead atoms. The molecule has 17 heavy (non-hydrogen) atoms. The van der Waals surface area contributed by atoms with E-state index in [4.69, 9.17) is 0 Å². The van der Waals surface area contributed by atoms with Crippen LogP contribution in [0, 0.1) is 11.3 Å². The molecule has 1 N–H and O–H groups in total. The Kier molecular flexibility index (Phi) is 4.60. The maximum Gasteiger partial charge on any atom is 0.214 e. The molecule has 2 unspecified atom stereocenters. The second kappa shape index (κ2) is 5.24. The highest BCUT2D eigenvalue weighted by molar-refractivity contribution is 7.89. The number of hydrogen-bond acceptors (Lipinski definition) is 3. The van der Waals surface area contributed by atoms with Crippen molar-refractivity contribution in [3.05, 3.63) is 0 Å². The molecule has 0 amide bonds. The predicted octanol–water partition coefficient (Wildman–Crippen LogP) is 1.46. The van der Waals surface area contributed by atoms with Gasteiger partial charge in [0.25, 0.3) is 0 Å². The van der Waals surface area contributed by atoms with E-state index in [1.165, 1.54) is 0 Å². The van der Waals surface area contributed by atoms with Crippen LogP contribution in [0.4, 0.5) is 0 Å². The van der Waals surface area contributed by atoms with E-state index in [-0.39, 0.29) is 23.2 Å². The molecule has 0 aromatic carbocycles. The van der Waals surface area contributed by atoms with E-state index >= 15 is 0 Å². The average Bonchev–Trinajstić information content (AvgIpc) is 2.14. The summed E-state index contributed by atoms with van der Waals surface area (Å²) in [6.07, 6.45) is 1.03. The zero-order valence-electron chi connectivity index (χ0n) is 11.3. The first kappa shape index (κ1) is 14.9. The average molecular weight is 263 g/mol. The van der Waals surface area contributed by atoms with Crippen molar-refractivity contribution in [3.63, 3.8) is 0 Å². The summed E-state index contributed by atoms with van der Waals surface area (Å²) in [5.41, 5.74) is -0.226. The highest BCUT2D eigenvalue weighted by Gasteiger charge is 2.34. The topological polar surface area (TPSA) is 57.6 Å². The molecule has 0 radical (unpaired) electrons. The molecule has 0 spiro atoms. The first-order chi connectivity index (χ1) is 7.65. The van der Waals surface area contributed by atoms with E-state index in [9.17, 15) is 13.5 Å². The normalized spacial score (nSPS) is 28.3. The first-order valence-electron chi connectivity index (χ1n) is 6.31. The van der Waals surface area contributed by atoms with Gasteiger partial charge in [-0.1, -0.05) is 27.7 Å². The Morgan fingerprint density at radius 1 is 1.35 bits per heavy atom. The lowest BCUT2D eigenvalue weighted by Gasteiger charge is -2.36. The Balaban J connectivity index is 2.73. The van der Waals surface area contributed by atoms with Crippen LogP contribution in [0.5, 0.6) is 0 Å². The van der Waals surface area contributed by atoms with Crippen LogP contribution in [0.25, 0.3) is 0 Å². The van der Waals surface area contributed by atoms with Crippen molar-refractivity contribution < 1.29 is 13.5 Å². The van der Waals surface area contributed by atoms with Crippen LogP contribution in [-0.2, 0) is 10.0 Å². The summed E-state index contributed by atoms with van der Waals surface area (Å²) in [6, 6.07) is 0. The number of sulfonamides is 1. The van der Waals surface area contributed by atoms with Crippen molar-refractivity contribution >= 4 is 10.0 Å². The number of piperidine rings is 1. The third kappa shape index (κ3) is 4.23. The molecule has 1 aliphatic rings. The molecular formula is C12H25NO3S. The van der Waals surface area contributed by atoms with Gasteiger partial charge in [0, 0.05) is 13.1 Å². The number of aliphatic hydroxyl groups excluding tert-OH is 1. The van der Waals surface area contributed by atoms with Crippen LogP contribution in [0.2, 0.25) is 0 Å². The van der Waals surface area contributed by atoms with Crippen molar-refractivity contribution in [1.29, 1.82) is 0 Å². The summed E-state index contributed by atoms with van der Waals surface area (Å²) in [5.74, 6) is 0.255. The molecule has 0 saturated carbocycles. The van der Waals surface area contributed by atoms with Crippen molar-refractivity contribution in [2.75, 3.05) is 18.8 Å². The van der Waals surface area contributed by atoms with E-state index in [0.29, 0.717) is 19.5 Å². The van der Waals surface area contributed by atoms with Crippen LogP contribution in [-0.4, -0.2) is 42.8 Å². The van der Waals surface area contributed by atoms with Crippen molar-refractivity contribution in [1.82, 2.24) is 4.31 Å². The zero-order chi connectivity index (χ0) is 13.3. The molecule has 102 valence electrons. The summed E-state index contributed by atoms with van der Waals surface area (Å²) in [7, 11) is -3.19. The second-order valence-electron chi connectivity index (χ2n) is 6.20. The Morgan fingerprint density at radius 3 is 2.41 bits per heavy atom. The van der Waals surface area contributed by atoms with Gasteiger partial charge >= 0.3 is 0 Å². The standard InChI is InChI=1S/C12H25NO3S/c1-5-10-8-13(7-6-11(10)14)17(15,16)9-12(2,3)4/h10-11,14H,5-9H2,1-4H3. The highest BCUT2D eigenvalue weighted by atomic mass is 32.2. The Bertz CT molecular complexity index is 345. The van der Waals surface area contributed by atoms with E-state index in [2.05, 4.69) is 0 Å². The fourth-order valence-electron chi connectivity index (χ4n) is 2.28. The quantitative estimate of drug-likeness (QED) is 0.838. The van der Waals surface area contributed by atoms with E-state index in [1.54, 1.807) is 4.31 Å². The Morgan fingerprint density at radius 2 is 1.94 bits per heavy atom. The summed E-state index contributed by atoms with van der Waals surface area (Å²) in [6.45, 7) is 8.71. The maximum absolute atomic E-state index is 12.2. The molecule has 0 aromatic rings. The minimum absolute atomic E-state index is 0.0819. The van der Waals surface area contributed by atoms with E-state index < -0.39 is 10.0 Å². The lowest BCUT2D eigenvalue weighted by molar-refractivity contribution is 0.0519. The minimum atomic E-state index is -3.19. The van der Waals surface area contributed by atoms with Gasteiger partial charge < -0.3 is 5.11 Å². The smallest absolute Gasteiger partial charge is 0.214 e. The van der Waals surface area contributed by atoms with Gasteiger partial charge in [-0.25, -0.2) is 12.7 Å².